The van der Waals surface area contributed by atoms with Crippen molar-refractivity contribution in [2.24, 2.45) is 0 Å². The second-order valence-electron chi connectivity index (χ2n) is 5.49. The van der Waals surface area contributed by atoms with E-state index in [1.807, 2.05) is 0 Å². The SMILES string of the molecule is CC(C)(C)OC(=O)NCC(=O)N1C[C@@H](O)C[C@H]1C=O. The van der Waals surface area contributed by atoms with Gasteiger partial charge in [0.05, 0.1) is 12.1 Å². The zero-order chi connectivity index (χ0) is 14.6. The average Bonchev–Trinajstić information content (AvgIpc) is 2.65. The molecule has 1 heterocycles. The first-order valence-corrected chi connectivity index (χ1v) is 6.12. The van der Waals surface area contributed by atoms with Gasteiger partial charge in [-0.15, -0.1) is 0 Å². The Morgan fingerprint density at radius 3 is 2.63 bits per heavy atom. The molecule has 0 spiro atoms. The van der Waals surface area contributed by atoms with Crippen LogP contribution in [0.1, 0.15) is 27.2 Å². The molecule has 1 aliphatic rings. The number of amides is 2. The molecule has 0 unspecified atom stereocenters. The quantitative estimate of drug-likeness (QED) is 0.686. The lowest BCUT2D eigenvalue weighted by molar-refractivity contribution is -0.133. The lowest BCUT2D eigenvalue weighted by Crippen LogP contribution is -2.44. The number of alkyl carbamates (subject to hydrolysis) is 1. The first-order chi connectivity index (χ1) is 8.73. The van der Waals surface area contributed by atoms with Crippen molar-refractivity contribution in [1.82, 2.24) is 10.2 Å². The minimum atomic E-state index is -0.694. The molecule has 0 saturated carbocycles. The lowest BCUT2D eigenvalue weighted by Gasteiger charge is -2.22. The number of aliphatic hydroxyl groups excluding tert-OH is 1. The van der Waals surface area contributed by atoms with Crippen LogP contribution in [0.25, 0.3) is 0 Å². The van der Waals surface area contributed by atoms with E-state index in [-0.39, 0.29) is 19.5 Å². The number of β-amino-alcohol motifs (C(OH)–C–C–N with tert-alkyl or cyclic N) is 1. The zero-order valence-electron chi connectivity index (χ0n) is 11.4. The molecule has 0 aliphatic carbocycles. The van der Waals surface area contributed by atoms with Crippen molar-refractivity contribution < 1.29 is 24.2 Å². The number of ether oxygens (including phenoxy) is 1. The van der Waals surface area contributed by atoms with E-state index < -0.39 is 29.7 Å². The van der Waals surface area contributed by atoms with Crippen LogP contribution < -0.4 is 5.32 Å². The third kappa shape index (κ3) is 4.86. The normalized spacial score (nSPS) is 23.1. The first-order valence-electron chi connectivity index (χ1n) is 6.12. The van der Waals surface area contributed by atoms with Crippen molar-refractivity contribution in [3.63, 3.8) is 0 Å². The van der Waals surface area contributed by atoms with Gasteiger partial charge in [-0.25, -0.2) is 4.79 Å². The zero-order valence-corrected chi connectivity index (χ0v) is 11.4. The topological polar surface area (TPSA) is 95.9 Å². The predicted molar refractivity (Wildman–Crippen MR) is 66.4 cm³/mol. The van der Waals surface area contributed by atoms with Gasteiger partial charge in [0.15, 0.2) is 0 Å². The lowest BCUT2D eigenvalue weighted by atomic mass is 10.2. The summed E-state index contributed by atoms with van der Waals surface area (Å²) in [6.45, 7) is 5.00. The van der Waals surface area contributed by atoms with Gasteiger partial charge in [0.2, 0.25) is 5.91 Å². The van der Waals surface area contributed by atoms with E-state index >= 15 is 0 Å². The summed E-state index contributed by atoms with van der Waals surface area (Å²) in [5, 5.41) is 11.7. The van der Waals surface area contributed by atoms with Crippen LogP contribution in [0.3, 0.4) is 0 Å². The predicted octanol–water partition coefficient (Wildman–Crippen LogP) is -0.328. The minimum absolute atomic E-state index is 0.109. The van der Waals surface area contributed by atoms with Gasteiger partial charge in [0.1, 0.15) is 18.4 Å². The largest absolute Gasteiger partial charge is 0.444 e. The fourth-order valence-electron chi connectivity index (χ4n) is 1.82. The van der Waals surface area contributed by atoms with E-state index in [4.69, 9.17) is 4.74 Å². The average molecular weight is 272 g/mol. The van der Waals surface area contributed by atoms with Crippen LogP contribution in [-0.4, -0.2) is 59.1 Å². The molecule has 1 aliphatic heterocycles. The summed E-state index contributed by atoms with van der Waals surface area (Å²) in [4.78, 5) is 35.2. The Kier molecular flexibility index (Phi) is 4.88. The van der Waals surface area contributed by atoms with Gasteiger partial charge in [0, 0.05) is 13.0 Å². The Bertz CT molecular complexity index is 364. The smallest absolute Gasteiger partial charge is 0.408 e. The molecule has 0 aromatic rings. The van der Waals surface area contributed by atoms with Gasteiger partial charge in [0.25, 0.3) is 0 Å². The van der Waals surface area contributed by atoms with Crippen LogP contribution in [0.2, 0.25) is 0 Å². The Labute approximate surface area is 111 Å². The number of nitrogens with one attached hydrogen (secondary N) is 1. The van der Waals surface area contributed by atoms with E-state index in [0.29, 0.717) is 6.29 Å². The van der Waals surface area contributed by atoms with Crippen LogP contribution in [0.4, 0.5) is 4.79 Å². The third-order valence-electron chi connectivity index (χ3n) is 2.58. The molecule has 2 amide bonds. The Morgan fingerprint density at radius 2 is 2.11 bits per heavy atom. The van der Waals surface area contributed by atoms with Gasteiger partial charge in [-0.1, -0.05) is 0 Å². The Balaban J connectivity index is 2.43. The van der Waals surface area contributed by atoms with E-state index in [1.54, 1.807) is 20.8 Å². The monoisotopic (exact) mass is 272 g/mol. The van der Waals surface area contributed by atoms with E-state index in [0.717, 1.165) is 0 Å². The van der Waals surface area contributed by atoms with Crippen molar-refractivity contribution in [3.8, 4) is 0 Å². The molecule has 19 heavy (non-hydrogen) atoms. The maximum Gasteiger partial charge on any atom is 0.408 e. The van der Waals surface area contributed by atoms with Gasteiger partial charge in [-0.05, 0) is 20.8 Å². The summed E-state index contributed by atoms with van der Waals surface area (Å²) in [6, 6.07) is -0.622. The Morgan fingerprint density at radius 1 is 1.47 bits per heavy atom. The number of hydrogen-bond acceptors (Lipinski definition) is 5. The number of aldehydes is 1. The highest BCUT2D eigenvalue weighted by molar-refractivity contribution is 5.85. The number of rotatable bonds is 3. The molecule has 1 fully saturated rings. The van der Waals surface area contributed by atoms with E-state index in [9.17, 15) is 19.5 Å². The van der Waals surface area contributed by atoms with Crippen molar-refractivity contribution in [1.29, 1.82) is 0 Å². The number of carbonyl (C=O) groups is 3. The van der Waals surface area contributed by atoms with Gasteiger partial charge < -0.3 is 24.9 Å². The number of likely N-dealkylation sites (tertiary alicyclic amines) is 1. The van der Waals surface area contributed by atoms with Crippen LogP contribution in [0.5, 0.6) is 0 Å². The van der Waals surface area contributed by atoms with Crippen molar-refractivity contribution in [2.75, 3.05) is 13.1 Å². The molecule has 2 N–H and O–H groups in total. The molecule has 108 valence electrons. The fourth-order valence-corrected chi connectivity index (χ4v) is 1.82. The van der Waals surface area contributed by atoms with Gasteiger partial charge in [-0.3, -0.25) is 4.79 Å². The highest BCUT2D eigenvalue weighted by atomic mass is 16.6. The standard InChI is InChI=1S/C12H20N2O5/c1-12(2,3)19-11(18)13-5-10(17)14-6-9(16)4-8(14)7-15/h7-9,16H,4-6H2,1-3H3,(H,13,18)/t8-,9-/m0/s1. The van der Waals surface area contributed by atoms with Crippen LogP contribution in [0, 0.1) is 0 Å². The Hall–Kier alpha value is -1.63. The molecular weight excluding hydrogens is 252 g/mol. The maximum atomic E-state index is 11.8. The minimum Gasteiger partial charge on any atom is -0.444 e. The van der Waals surface area contributed by atoms with Gasteiger partial charge in [-0.2, -0.15) is 0 Å². The molecule has 2 atom stereocenters. The molecule has 7 heteroatoms. The summed E-state index contributed by atoms with van der Waals surface area (Å²) in [6.07, 6.45) is -0.521. The molecule has 0 aromatic heterocycles. The van der Waals surface area contributed by atoms with Crippen molar-refractivity contribution >= 4 is 18.3 Å². The fraction of sp³-hybridized carbons (Fsp3) is 0.750. The summed E-state index contributed by atoms with van der Waals surface area (Å²) in [5.74, 6) is -0.417. The molecule has 1 saturated heterocycles. The number of hydrogen-bond donors (Lipinski definition) is 2. The molecule has 7 nitrogen and oxygen atoms in total. The number of aliphatic hydroxyl groups is 1. The number of carbonyl (C=O) groups excluding carboxylic acids is 3. The summed E-state index contributed by atoms with van der Waals surface area (Å²) in [5.41, 5.74) is -0.637. The first kappa shape index (κ1) is 15.4. The van der Waals surface area contributed by atoms with Gasteiger partial charge >= 0.3 is 6.09 Å². The third-order valence-corrected chi connectivity index (χ3v) is 2.58. The van der Waals surface area contributed by atoms with Crippen LogP contribution >= 0.6 is 0 Å². The molecular formula is C12H20N2O5. The van der Waals surface area contributed by atoms with Crippen molar-refractivity contribution in [3.05, 3.63) is 0 Å². The summed E-state index contributed by atoms with van der Waals surface area (Å²) >= 11 is 0. The second-order valence-corrected chi connectivity index (χ2v) is 5.49. The maximum absolute atomic E-state index is 11.8. The van der Waals surface area contributed by atoms with E-state index in [2.05, 4.69) is 5.32 Å². The molecule has 1 rings (SSSR count). The van der Waals surface area contributed by atoms with Crippen molar-refractivity contribution in [2.45, 2.75) is 44.9 Å². The summed E-state index contributed by atoms with van der Waals surface area (Å²) in [7, 11) is 0. The second kappa shape index (κ2) is 6.01. The molecule has 0 bridgehead atoms. The van der Waals surface area contributed by atoms with Crippen LogP contribution in [0.15, 0.2) is 0 Å². The highest BCUT2D eigenvalue weighted by Crippen LogP contribution is 2.16. The number of nitrogens with zero attached hydrogens (tertiary/aromatic N) is 1. The van der Waals surface area contributed by atoms with E-state index in [1.165, 1.54) is 4.90 Å². The molecule has 0 radical (unpaired) electrons. The molecule has 0 aromatic carbocycles. The highest BCUT2D eigenvalue weighted by Gasteiger charge is 2.34. The van der Waals surface area contributed by atoms with Crippen LogP contribution in [-0.2, 0) is 14.3 Å². The summed E-state index contributed by atoms with van der Waals surface area (Å²) < 4.78 is 4.99.